The highest BCUT2D eigenvalue weighted by Crippen LogP contribution is 2.41. The Bertz CT molecular complexity index is 310. The zero-order valence-electron chi connectivity index (χ0n) is 13.1. The maximum Gasteiger partial charge on any atom is 0.0613 e. The van der Waals surface area contributed by atoms with E-state index in [1.807, 2.05) is 0 Å². The van der Waals surface area contributed by atoms with Crippen molar-refractivity contribution < 1.29 is 5.11 Å². The number of fused-ring (bicyclic) bond motifs is 1. The smallest absolute Gasteiger partial charge is 0.0613 e. The molecule has 116 valence electrons. The van der Waals surface area contributed by atoms with Crippen LogP contribution in [0, 0.1) is 11.8 Å². The zero-order chi connectivity index (χ0) is 14.0. The van der Waals surface area contributed by atoms with Crippen molar-refractivity contribution in [1.82, 2.24) is 10.2 Å². The second-order valence-corrected chi connectivity index (χ2v) is 7.52. The molecule has 4 unspecified atom stereocenters. The van der Waals surface area contributed by atoms with Gasteiger partial charge in [0.1, 0.15) is 0 Å². The first kappa shape index (κ1) is 14.8. The SMILES string of the molecule is CCCNC1(CO)CCCC(N2CC3CCCC3C2)C1. The molecule has 3 aliphatic rings. The molecule has 0 aromatic rings. The van der Waals surface area contributed by atoms with Gasteiger partial charge in [-0.2, -0.15) is 0 Å². The minimum absolute atomic E-state index is 0.0105. The van der Waals surface area contributed by atoms with E-state index in [1.54, 1.807) is 0 Å². The van der Waals surface area contributed by atoms with E-state index in [-0.39, 0.29) is 5.54 Å². The van der Waals surface area contributed by atoms with Crippen molar-refractivity contribution in [2.75, 3.05) is 26.2 Å². The fraction of sp³-hybridized carbons (Fsp3) is 1.00. The Kier molecular flexibility index (Phi) is 4.68. The molecule has 0 amide bonds. The Morgan fingerprint density at radius 2 is 1.90 bits per heavy atom. The first-order valence-electron chi connectivity index (χ1n) is 8.86. The van der Waals surface area contributed by atoms with Crippen LogP contribution in [-0.2, 0) is 0 Å². The third kappa shape index (κ3) is 2.90. The van der Waals surface area contributed by atoms with Gasteiger partial charge in [-0.3, -0.25) is 4.90 Å². The minimum atomic E-state index is 0.0105. The van der Waals surface area contributed by atoms with Crippen molar-refractivity contribution in [2.45, 2.75) is 69.9 Å². The zero-order valence-corrected chi connectivity index (χ0v) is 13.1. The molecule has 0 spiro atoms. The molecular formula is C17H32N2O. The van der Waals surface area contributed by atoms with Crippen LogP contribution in [0.25, 0.3) is 0 Å². The number of rotatable bonds is 5. The average Bonchev–Trinajstić information content (AvgIpc) is 3.06. The molecule has 3 rings (SSSR count). The van der Waals surface area contributed by atoms with Gasteiger partial charge in [0.05, 0.1) is 6.61 Å². The summed E-state index contributed by atoms with van der Waals surface area (Å²) in [5.41, 5.74) is 0.0105. The Labute approximate surface area is 124 Å². The van der Waals surface area contributed by atoms with Gasteiger partial charge in [0.2, 0.25) is 0 Å². The summed E-state index contributed by atoms with van der Waals surface area (Å²) in [6, 6.07) is 0.714. The molecule has 2 N–H and O–H groups in total. The minimum Gasteiger partial charge on any atom is -0.394 e. The summed E-state index contributed by atoms with van der Waals surface area (Å²) in [5.74, 6) is 1.98. The summed E-state index contributed by atoms with van der Waals surface area (Å²) in [6.45, 7) is 6.23. The maximum atomic E-state index is 9.91. The van der Waals surface area contributed by atoms with Crippen molar-refractivity contribution in [1.29, 1.82) is 0 Å². The largest absolute Gasteiger partial charge is 0.394 e. The molecule has 0 aromatic heterocycles. The second kappa shape index (κ2) is 6.33. The normalized spacial score (nSPS) is 42.0. The van der Waals surface area contributed by atoms with Crippen molar-refractivity contribution in [2.24, 2.45) is 11.8 Å². The van der Waals surface area contributed by atoms with Gasteiger partial charge < -0.3 is 10.4 Å². The van der Waals surface area contributed by atoms with E-state index in [9.17, 15) is 5.11 Å². The van der Waals surface area contributed by atoms with E-state index in [1.165, 1.54) is 45.2 Å². The van der Waals surface area contributed by atoms with E-state index >= 15 is 0 Å². The van der Waals surface area contributed by atoms with Gasteiger partial charge in [-0.25, -0.2) is 0 Å². The first-order chi connectivity index (χ1) is 9.76. The van der Waals surface area contributed by atoms with Crippen LogP contribution in [0.15, 0.2) is 0 Å². The number of likely N-dealkylation sites (tertiary alicyclic amines) is 1. The van der Waals surface area contributed by atoms with E-state index in [4.69, 9.17) is 0 Å². The summed E-state index contributed by atoms with van der Waals surface area (Å²) in [7, 11) is 0. The van der Waals surface area contributed by atoms with Gasteiger partial charge in [0.25, 0.3) is 0 Å². The summed E-state index contributed by atoms with van der Waals surface area (Å²) in [4.78, 5) is 2.77. The van der Waals surface area contributed by atoms with E-state index in [2.05, 4.69) is 17.1 Å². The molecule has 3 fully saturated rings. The molecule has 0 radical (unpaired) electrons. The third-order valence-electron chi connectivity index (χ3n) is 6.14. The van der Waals surface area contributed by atoms with Crippen LogP contribution < -0.4 is 5.32 Å². The van der Waals surface area contributed by atoms with E-state index in [0.29, 0.717) is 12.6 Å². The average molecular weight is 280 g/mol. The molecule has 1 saturated heterocycles. The lowest BCUT2D eigenvalue weighted by Crippen LogP contribution is -2.55. The lowest BCUT2D eigenvalue weighted by Gasteiger charge is -2.44. The lowest BCUT2D eigenvalue weighted by molar-refractivity contribution is 0.0658. The molecule has 4 atom stereocenters. The van der Waals surface area contributed by atoms with Crippen molar-refractivity contribution >= 4 is 0 Å². The summed E-state index contributed by atoms with van der Waals surface area (Å²) in [5, 5.41) is 13.6. The van der Waals surface area contributed by atoms with E-state index < -0.39 is 0 Å². The number of nitrogens with zero attached hydrogens (tertiary/aromatic N) is 1. The number of nitrogens with one attached hydrogen (secondary N) is 1. The monoisotopic (exact) mass is 280 g/mol. The van der Waals surface area contributed by atoms with Gasteiger partial charge in [-0.1, -0.05) is 13.3 Å². The summed E-state index contributed by atoms with van der Waals surface area (Å²) >= 11 is 0. The summed E-state index contributed by atoms with van der Waals surface area (Å²) < 4.78 is 0. The van der Waals surface area contributed by atoms with Crippen LogP contribution in [0.4, 0.5) is 0 Å². The fourth-order valence-electron chi connectivity index (χ4n) is 4.96. The predicted molar refractivity (Wildman–Crippen MR) is 82.8 cm³/mol. The van der Waals surface area contributed by atoms with Crippen molar-refractivity contribution in [3.8, 4) is 0 Å². The Morgan fingerprint density at radius 3 is 2.55 bits per heavy atom. The standard InChI is InChI=1S/C17H32N2O/c1-2-9-18-17(13-20)8-4-7-16(10-17)19-11-14-5-3-6-15(14)12-19/h14-16,18,20H,2-13H2,1H3. The van der Waals surface area contributed by atoms with Crippen LogP contribution in [0.3, 0.4) is 0 Å². The quantitative estimate of drug-likeness (QED) is 0.812. The highest BCUT2D eigenvalue weighted by atomic mass is 16.3. The summed E-state index contributed by atoms with van der Waals surface area (Å²) in [6.07, 6.45) is 10.5. The molecule has 0 aromatic carbocycles. The Balaban J connectivity index is 1.60. The number of hydrogen-bond donors (Lipinski definition) is 2. The molecule has 0 bridgehead atoms. The number of aliphatic hydroxyl groups is 1. The van der Waals surface area contributed by atoms with Crippen molar-refractivity contribution in [3.05, 3.63) is 0 Å². The Morgan fingerprint density at radius 1 is 1.15 bits per heavy atom. The molecule has 20 heavy (non-hydrogen) atoms. The highest BCUT2D eigenvalue weighted by Gasteiger charge is 2.43. The number of aliphatic hydroxyl groups excluding tert-OH is 1. The number of hydrogen-bond acceptors (Lipinski definition) is 3. The van der Waals surface area contributed by atoms with Crippen molar-refractivity contribution in [3.63, 3.8) is 0 Å². The van der Waals surface area contributed by atoms with E-state index in [0.717, 1.165) is 37.6 Å². The van der Waals surface area contributed by atoms with Gasteiger partial charge in [-0.05, 0) is 63.3 Å². The van der Waals surface area contributed by atoms with Gasteiger partial charge >= 0.3 is 0 Å². The first-order valence-corrected chi connectivity index (χ1v) is 8.86. The van der Waals surface area contributed by atoms with Gasteiger partial charge in [-0.15, -0.1) is 0 Å². The molecule has 2 aliphatic carbocycles. The van der Waals surface area contributed by atoms with Crippen LogP contribution in [-0.4, -0.2) is 47.8 Å². The Hall–Kier alpha value is -0.120. The molecule has 1 heterocycles. The second-order valence-electron chi connectivity index (χ2n) is 7.52. The lowest BCUT2D eigenvalue weighted by atomic mass is 9.78. The molecule has 2 saturated carbocycles. The fourth-order valence-corrected chi connectivity index (χ4v) is 4.96. The third-order valence-corrected chi connectivity index (χ3v) is 6.14. The van der Waals surface area contributed by atoms with Crippen LogP contribution >= 0.6 is 0 Å². The van der Waals surface area contributed by atoms with Crippen LogP contribution in [0.2, 0.25) is 0 Å². The topological polar surface area (TPSA) is 35.5 Å². The van der Waals surface area contributed by atoms with Crippen LogP contribution in [0.5, 0.6) is 0 Å². The predicted octanol–water partition coefficient (Wildman–Crippen LogP) is 2.39. The van der Waals surface area contributed by atoms with Crippen LogP contribution in [0.1, 0.15) is 58.3 Å². The maximum absolute atomic E-state index is 9.91. The molecular weight excluding hydrogens is 248 g/mol. The molecule has 1 aliphatic heterocycles. The van der Waals surface area contributed by atoms with Gasteiger partial charge in [0.15, 0.2) is 0 Å². The highest BCUT2D eigenvalue weighted by molar-refractivity contribution is 4.99. The van der Waals surface area contributed by atoms with Gasteiger partial charge in [0, 0.05) is 24.7 Å². The molecule has 3 nitrogen and oxygen atoms in total. The molecule has 3 heteroatoms.